The molecule has 0 atom stereocenters. The normalized spacial score (nSPS) is 14.1. The lowest BCUT2D eigenvalue weighted by atomic mass is 10.1. The molecule has 1 aliphatic heterocycles. The van der Waals surface area contributed by atoms with Crippen molar-refractivity contribution in [2.24, 2.45) is 10.1 Å². The molecule has 0 aliphatic carbocycles. The molecule has 0 unspecified atom stereocenters. The molecule has 0 saturated carbocycles. The van der Waals surface area contributed by atoms with E-state index >= 15 is 0 Å². The number of anilines is 1. The summed E-state index contributed by atoms with van der Waals surface area (Å²) >= 11 is 13.6. The SMILES string of the molecule is CN=c1scc(-c2ccc3c(c2)NC(=O)CO3)n1N=Cc1ccc(Cl)cc1Cl. The van der Waals surface area contributed by atoms with Gasteiger partial charge >= 0.3 is 0 Å². The molecular formula is C19H14Cl2N4O2S. The van der Waals surface area contributed by atoms with Crippen molar-refractivity contribution in [2.75, 3.05) is 19.0 Å². The van der Waals surface area contributed by atoms with Gasteiger partial charge in [0.15, 0.2) is 6.61 Å². The van der Waals surface area contributed by atoms with Gasteiger partial charge in [-0.15, -0.1) is 11.3 Å². The number of carbonyl (C=O) groups is 1. The minimum Gasteiger partial charge on any atom is -0.482 e. The molecule has 0 bridgehead atoms. The maximum Gasteiger partial charge on any atom is 0.262 e. The second kappa shape index (κ2) is 7.79. The van der Waals surface area contributed by atoms with Crippen LogP contribution < -0.4 is 14.9 Å². The van der Waals surface area contributed by atoms with Crippen LogP contribution in [0.4, 0.5) is 5.69 Å². The van der Waals surface area contributed by atoms with Crippen LogP contribution in [-0.2, 0) is 4.79 Å². The molecule has 0 saturated heterocycles. The first kappa shape index (κ1) is 18.7. The Morgan fingerprint density at radius 3 is 2.89 bits per heavy atom. The highest BCUT2D eigenvalue weighted by Gasteiger charge is 2.17. The summed E-state index contributed by atoms with van der Waals surface area (Å²) in [6, 6.07) is 10.8. The number of thiazole rings is 1. The van der Waals surface area contributed by atoms with Crippen molar-refractivity contribution in [3.8, 4) is 17.0 Å². The zero-order valence-electron chi connectivity index (χ0n) is 14.6. The van der Waals surface area contributed by atoms with E-state index in [1.807, 2.05) is 23.6 Å². The minimum absolute atomic E-state index is 0.0236. The molecule has 0 spiro atoms. The molecule has 0 radical (unpaired) electrons. The highest BCUT2D eigenvalue weighted by Crippen LogP contribution is 2.33. The summed E-state index contributed by atoms with van der Waals surface area (Å²) in [5, 5.41) is 10.4. The Labute approximate surface area is 174 Å². The largest absolute Gasteiger partial charge is 0.482 e. The fourth-order valence-electron chi connectivity index (χ4n) is 2.73. The Morgan fingerprint density at radius 2 is 2.11 bits per heavy atom. The molecule has 1 N–H and O–H groups in total. The summed E-state index contributed by atoms with van der Waals surface area (Å²) < 4.78 is 7.15. The van der Waals surface area contributed by atoms with Crippen LogP contribution in [0.2, 0.25) is 10.0 Å². The maximum absolute atomic E-state index is 11.6. The lowest BCUT2D eigenvalue weighted by Gasteiger charge is -2.18. The fraction of sp³-hybridized carbons (Fsp3) is 0.105. The van der Waals surface area contributed by atoms with Gasteiger partial charge in [0, 0.05) is 28.6 Å². The standard InChI is InChI=1S/C19H14Cl2N4O2S/c1-22-19-25(23-8-12-2-4-13(20)7-14(12)21)16(10-28-19)11-3-5-17-15(6-11)24-18(26)9-27-17/h2-8,10H,9H2,1H3,(H,24,26). The summed E-state index contributed by atoms with van der Waals surface area (Å²) in [4.78, 5) is 16.6. The Kier molecular flexibility index (Phi) is 5.21. The Hall–Kier alpha value is -2.61. The van der Waals surface area contributed by atoms with E-state index in [9.17, 15) is 4.79 Å². The van der Waals surface area contributed by atoms with Crippen molar-refractivity contribution in [1.82, 2.24) is 4.68 Å². The second-order valence-corrected chi connectivity index (χ2v) is 7.58. The first-order valence-electron chi connectivity index (χ1n) is 8.25. The molecule has 2 heterocycles. The lowest BCUT2D eigenvalue weighted by molar-refractivity contribution is -0.118. The number of halogens is 2. The maximum atomic E-state index is 11.6. The number of amides is 1. The van der Waals surface area contributed by atoms with Crippen LogP contribution in [0.5, 0.6) is 5.75 Å². The number of fused-ring (bicyclic) bond motifs is 1. The topological polar surface area (TPSA) is 68.0 Å². The predicted octanol–water partition coefficient (Wildman–Crippen LogP) is 4.27. The highest BCUT2D eigenvalue weighted by atomic mass is 35.5. The molecule has 2 aromatic carbocycles. The molecule has 4 rings (SSSR count). The molecular weight excluding hydrogens is 419 g/mol. The van der Waals surface area contributed by atoms with Crippen molar-refractivity contribution in [2.45, 2.75) is 0 Å². The average Bonchev–Trinajstić information content (AvgIpc) is 3.09. The molecule has 0 fully saturated rings. The van der Waals surface area contributed by atoms with Crippen LogP contribution in [0.1, 0.15) is 5.56 Å². The number of ether oxygens (including phenoxy) is 1. The van der Waals surface area contributed by atoms with Gasteiger partial charge < -0.3 is 10.1 Å². The summed E-state index contributed by atoms with van der Waals surface area (Å²) in [6.07, 6.45) is 1.66. The summed E-state index contributed by atoms with van der Waals surface area (Å²) in [7, 11) is 1.71. The highest BCUT2D eigenvalue weighted by molar-refractivity contribution is 7.07. The molecule has 3 aromatic rings. The van der Waals surface area contributed by atoms with Gasteiger partial charge in [-0.25, -0.2) is 4.68 Å². The van der Waals surface area contributed by atoms with Gasteiger partial charge in [0.1, 0.15) is 5.75 Å². The number of benzene rings is 2. The monoisotopic (exact) mass is 432 g/mol. The summed E-state index contributed by atoms with van der Waals surface area (Å²) in [6.45, 7) is 0.0236. The van der Waals surface area contributed by atoms with Gasteiger partial charge in [0.25, 0.3) is 5.91 Å². The van der Waals surface area contributed by atoms with Crippen LogP contribution >= 0.6 is 34.5 Å². The summed E-state index contributed by atoms with van der Waals surface area (Å²) in [5.41, 5.74) is 3.07. The van der Waals surface area contributed by atoms with Crippen LogP contribution in [-0.4, -0.2) is 30.5 Å². The van der Waals surface area contributed by atoms with Gasteiger partial charge in [-0.1, -0.05) is 29.3 Å². The van der Waals surface area contributed by atoms with Crippen molar-refractivity contribution >= 4 is 52.3 Å². The molecule has 142 valence electrons. The first-order chi connectivity index (χ1) is 13.5. The zero-order valence-corrected chi connectivity index (χ0v) is 17.0. The molecule has 9 heteroatoms. The molecule has 1 aromatic heterocycles. The minimum atomic E-state index is -0.178. The average molecular weight is 433 g/mol. The zero-order chi connectivity index (χ0) is 19.7. The van der Waals surface area contributed by atoms with E-state index in [2.05, 4.69) is 15.4 Å². The molecule has 28 heavy (non-hydrogen) atoms. The Balaban J connectivity index is 1.76. The van der Waals surface area contributed by atoms with Crippen molar-refractivity contribution in [1.29, 1.82) is 0 Å². The van der Waals surface area contributed by atoms with Crippen LogP contribution in [0, 0.1) is 0 Å². The van der Waals surface area contributed by atoms with Crippen LogP contribution in [0.25, 0.3) is 11.3 Å². The molecule has 6 nitrogen and oxygen atoms in total. The van der Waals surface area contributed by atoms with E-state index < -0.39 is 0 Å². The van der Waals surface area contributed by atoms with Crippen LogP contribution in [0.15, 0.2) is 51.9 Å². The van der Waals surface area contributed by atoms with E-state index in [0.29, 0.717) is 26.3 Å². The van der Waals surface area contributed by atoms with E-state index in [1.165, 1.54) is 11.3 Å². The van der Waals surface area contributed by atoms with Gasteiger partial charge in [-0.2, -0.15) is 5.10 Å². The van der Waals surface area contributed by atoms with Crippen molar-refractivity contribution in [3.63, 3.8) is 0 Å². The number of nitrogens with one attached hydrogen (secondary N) is 1. The van der Waals surface area contributed by atoms with E-state index in [4.69, 9.17) is 27.9 Å². The number of hydrogen-bond acceptors (Lipinski definition) is 5. The smallest absolute Gasteiger partial charge is 0.262 e. The van der Waals surface area contributed by atoms with Gasteiger partial charge in [-0.05, 0) is 30.3 Å². The Bertz CT molecular complexity index is 1170. The van der Waals surface area contributed by atoms with Crippen molar-refractivity contribution < 1.29 is 9.53 Å². The quantitative estimate of drug-likeness (QED) is 0.627. The Morgan fingerprint density at radius 1 is 1.25 bits per heavy atom. The van der Waals surface area contributed by atoms with Gasteiger partial charge in [0.05, 0.1) is 22.6 Å². The molecule has 1 amide bonds. The molecule has 1 aliphatic rings. The lowest BCUT2D eigenvalue weighted by Crippen LogP contribution is -2.25. The van der Waals surface area contributed by atoms with E-state index in [-0.39, 0.29) is 12.5 Å². The number of nitrogens with zero attached hydrogens (tertiary/aromatic N) is 3. The third kappa shape index (κ3) is 3.69. The first-order valence-corrected chi connectivity index (χ1v) is 9.88. The van der Waals surface area contributed by atoms with E-state index in [0.717, 1.165) is 16.8 Å². The van der Waals surface area contributed by atoms with Crippen molar-refractivity contribution in [3.05, 3.63) is 62.2 Å². The third-order valence-corrected chi connectivity index (χ3v) is 5.53. The number of hydrogen-bond donors (Lipinski definition) is 1. The fourth-order valence-corrected chi connectivity index (χ4v) is 3.99. The third-order valence-electron chi connectivity index (χ3n) is 4.06. The van der Waals surface area contributed by atoms with Gasteiger partial charge in [0.2, 0.25) is 4.80 Å². The number of aromatic nitrogens is 1. The van der Waals surface area contributed by atoms with Gasteiger partial charge in [-0.3, -0.25) is 9.79 Å². The van der Waals surface area contributed by atoms with Crippen LogP contribution in [0.3, 0.4) is 0 Å². The number of carbonyl (C=O) groups excluding carboxylic acids is 1. The van der Waals surface area contributed by atoms with E-state index in [1.54, 1.807) is 36.1 Å². The predicted molar refractivity (Wildman–Crippen MR) is 113 cm³/mol. The number of rotatable bonds is 3. The summed E-state index contributed by atoms with van der Waals surface area (Å²) in [5.74, 6) is 0.462. The second-order valence-electron chi connectivity index (χ2n) is 5.90.